The monoisotopic (exact) mass is 522 g/mol. The second-order valence-corrected chi connectivity index (χ2v) is 9.66. The maximum Gasteiger partial charge on any atom is 0.300 e. The highest BCUT2D eigenvalue weighted by Gasteiger charge is 2.47. The van der Waals surface area contributed by atoms with Gasteiger partial charge >= 0.3 is 5.92 Å². The lowest BCUT2D eigenvalue weighted by atomic mass is 9.92. The standard InChI is InChI=1S/C25H29ClF2N4O4/c1-14-31-21-10-20(26)22(36-5-4-35-18-12-34-13-18)9-19(21)23(32-14)30-11-15-6-16(8-17(29)7-15)25(27,28)24(2,3)33/h6-10,18,33H,4-5,11-13,29H2,1-3H3,(H,30,31,32). The van der Waals surface area contributed by atoms with Crippen molar-refractivity contribution in [2.24, 2.45) is 0 Å². The van der Waals surface area contributed by atoms with Crippen molar-refractivity contribution in [1.29, 1.82) is 0 Å². The number of hydrogen-bond donors (Lipinski definition) is 3. The third-order valence-corrected chi connectivity index (χ3v) is 6.06. The SMILES string of the molecule is Cc1nc(NCc2cc(N)cc(C(F)(F)C(C)(C)O)c2)c2cc(OCCOC3COC3)c(Cl)cc2n1. The van der Waals surface area contributed by atoms with E-state index in [0.717, 1.165) is 13.8 Å². The van der Waals surface area contributed by atoms with Gasteiger partial charge in [-0.2, -0.15) is 8.78 Å². The maximum atomic E-state index is 14.7. The predicted octanol–water partition coefficient (Wildman–Crippen LogP) is 4.44. The summed E-state index contributed by atoms with van der Waals surface area (Å²) in [4.78, 5) is 8.92. The summed E-state index contributed by atoms with van der Waals surface area (Å²) in [5.74, 6) is -2.05. The molecule has 11 heteroatoms. The number of rotatable bonds is 10. The fourth-order valence-corrected chi connectivity index (χ4v) is 3.92. The zero-order valence-corrected chi connectivity index (χ0v) is 21.0. The first kappa shape index (κ1) is 26.3. The summed E-state index contributed by atoms with van der Waals surface area (Å²) in [5, 5.41) is 14.2. The van der Waals surface area contributed by atoms with E-state index in [0.29, 0.717) is 65.3 Å². The van der Waals surface area contributed by atoms with Crippen LogP contribution in [-0.2, 0) is 21.9 Å². The summed E-state index contributed by atoms with van der Waals surface area (Å²) in [6.07, 6.45) is 0.101. The second-order valence-electron chi connectivity index (χ2n) is 9.25. The van der Waals surface area contributed by atoms with Crippen LogP contribution in [0.15, 0.2) is 30.3 Å². The number of halogens is 3. The van der Waals surface area contributed by atoms with E-state index < -0.39 is 11.5 Å². The molecular weight excluding hydrogens is 494 g/mol. The minimum Gasteiger partial charge on any atom is -0.490 e. The van der Waals surface area contributed by atoms with Gasteiger partial charge in [-0.15, -0.1) is 0 Å². The first-order chi connectivity index (χ1) is 16.9. The van der Waals surface area contributed by atoms with Crippen LogP contribution in [0, 0.1) is 6.92 Å². The van der Waals surface area contributed by atoms with E-state index in [-0.39, 0.29) is 23.9 Å². The molecule has 0 aliphatic carbocycles. The number of hydrogen-bond acceptors (Lipinski definition) is 8. The van der Waals surface area contributed by atoms with Gasteiger partial charge in [-0.1, -0.05) is 11.6 Å². The average Bonchev–Trinajstić information content (AvgIpc) is 2.75. The molecule has 194 valence electrons. The van der Waals surface area contributed by atoms with E-state index >= 15 is 0 Å². The van der Waals surface area contributed by atoms with E-state index in [9.17, 15) is 13.9 Å². The van der Waals surface area contributed by atoms with Crippen LogP contribution in [0.2, 0.25) is 5.02 Å². The molecule has 4 rings (SSSR count). The first-order valence-electron chi connectivity index (χ1n) is 11.5. The molecule has 2 heterocycles. The predicted molar refractivity (Wildman–Crippen MR) is 134 cm³/mol. The Morgan fingerprint density at radius 1 is 1.17 bits per heavy atom. The number of aryl methyl sites for hydroxylation is 1. The Labute approximate surface area is 212 Å². The van der Waals surface area contributed by atoms with Crippen LogP contribution >= 0.6 is 11.6 Å². The van der Waals surface area contributed by atoms with Crippen LogP contribution in [0.5, 0.6) is 5.75 Å². The second kappa shape index (κ2) is 10.3. The summed E-state index contributed by atoms with van der Waals surface area (Å²) in [7, 11) is 0. The van der Waals surface area contributed by atoms with Crippen molar-refractivity contribution in [3.63, 3.8) is 0 Å². The molecule has 0 bridgehead atoms. The molecular formula is C25H29ClF2N4O4. The lowest BCUT2D eigenvalue weighted by molar-refractivity contribution is -0.168. The molecule has 0 amide bonds. The number of aliphatic hydroxyl groups is 1. The molecule has 0 spiro atoms. The van der Waals surface area contributed by atoms with Crippen molar-refractivity contribution in [2.75, 3.05) is 37.5 Å². The van der Waals surface area contributed by atoms with Gasteiger partial charge in [0.1, 0.15) is 35.7 Å². The van der Waals surface area contributed by atoms with Gasteiger partial charge in [0.05, 0.1) is 30.4 Å². The molecule has 0 atom stereocenters. The summed E-state index contributed by atoms with van der Waals surface area (Å²) >= 11 is 6.40. The highest BCUT2D eigenvalue weighted by atomic mass is 35.5. The molecule has 1 aliphatic rings. The number of fused-ring (bicyclic) bond motifs is 1. The molecule has 3 aromatic rings. The smallest absolute Gasteiger partial charge is 0.300 e. The highest BCUT2D eigenvalue weighted by Crippen LogP contribution is 2.40. The van der Waals surface area contributed by atoms with Gasteiger partial charge in [0.25, 0.3) is 0 Å². The minimum absolute atomic E-state index is 0.101. The lowest BCUT2D eigenvalue weighted by Crippen LogP contribution is -2.40. The molecule has 0 saturated carbocycles. The van der Waals surface area contributed by atoms with Crippen molar-refractivity contribution in [1.82, 2.24) is 9.97 Å². The van der Waals surface area contributed by atoms with Crippen LogP contribution in [0.4, 0.5) is 20.3 Å². The number of nitrogens with zero attached hydrogens (tertiary/aromatic N) is 2. The normalized spacial score (nSPS) is 14.6. The molecule has 36 heavy (non-hydrogen) atoms. The molecule has 1 fully saturated rings. The van der Waals surface area contributed by atoms with Gasteiger partial charge in [-0.3, -0.25) is 0 Å². The number of anilines is 2. The Morgan fingerprint density at radius 2 is 1.92 bits per heavy atom. The number of ether oxygens (including phenoxy) is 3. The third kappa shape index (κ3) is 5.78. The Hall–Kier alpha value is -2.79. The summed E-state index contributed by atoms with van der Waals surface area (Å²) in [6.45, 7) is 5.89. The molecule has 1 saturated heterocycles. The van der Waals surface area contributed by atoms with Gasteiger partial charge in [0.2, 0.25) is 0 Å². The number of nitrogen functional groups attached to an aromatic ring is 1. The van der Waals surface area contributed by atoms with Crippen molar-refractivity contribution >= 4 is 34.0 Å². The fraction of sp³-hybridized carbons (Fsp3) is 0.440. The highest BCUT2D eigenvalue weighted by molar-refractivity contribution is 6.32. The Kier molecular flexibility index (Phi) is 7.51. The fourth-order valence-electron chi connectivity index (χ4n) is 3.71. The van der Waals surface area contributed by atoms with E-state index in [1.807, 2.05) is 0 Å². The van der Waals surface area contributed by atoms with E-state index in [2.05, 4.69) is 15.3 Å². The number of benzene rings is 2. The van der Waals surface area contributed by atoms with Crippen LogP contribution in [-0.4, -0.2) is 53.2 Å². The quantitative estimate of drug-likeness (QED) is 0.265. The van der Waals surface area contributed by atoms with Crippen LogP contribution in [0.1, 0.15) is 30.8 Å². The minimum atomic E-state index is -3.49. The Balaban J connectivity index is 1.55. The number of aromatic nitrogens is 2. The van der Waals surface area contributed by atoms with Crippen molar-refractivity contribution in [3.05, 3.63) is 52.3 Å². The van der Waals surface area contributed by atoms with Gasteiger partial charge in [0, 0.05) is 23.2 Å². The number of nitrogens with one attached hydrogen (secondary N) is 1. The summed E-state index contributed by atoms with van der Waals surface area (Å²) in [5.41, 5.74) is 4.54. The van der Waals surface area contributed by atoms with Crippen molar-refractivity contribution < 1.29 is 28.1 Å². The zero-order chi connectivity index (χ0) is 26.1. The molecule has 1 aromatic heterocycles. The molecule has 0 radical (unpaired) electrons. The van der Waals surface area contributed by atoms with Gasteiger partial charge in [-0.05, 0) is 56.7 Å². The molecule has 8 nitrogen and oxygen atoms in total. The summed E-state index contributed by atoms with van der Waals surface area (Å²) < 4.78 is 46.0. The van der Waals surface area contributed by atoms with Crippen molar-refractivity contribution in [2.45, 2.75) is 44.9 Å². The Bertz CT molecular complexity index is 1250. The third-order valence-electron chi connectivity index (χ3n) is 5.77. The van der Waals surface area contributed by atoms with Crippen LogP contribution < -0.4 is 15.8 Å². The molecule has 1 aliphatic heterocycles. The van der Waals surface area contributed by atoms with Crippen molar-refractivity contribution in [3.8, 4) is 5.75 Å². The maximum absolute atomic E-state index is 14.7. The Morgan fingerprint density at radius 3 is 2.58 bits per heavy atom. The molecule has 4 N–H and O–H groups in total. The van der Waals surface area contributed by atoms with Gasteiger partial charge in [-0.25, -0.2) is 9.97 Å². The topological polar surface area (TPSA) is 112 Å². The first-order valence-corrected chi connectivity index (χ1v) is 11.9. The average molecular weight is 523 g/mol. The van der Waals surface area contributed by atoms with Crippen LogP contribution in [0.3, 0.4) is 0 Å². The van der Waals surface area contributed by atoms with Gasteiger partial charge < -0.3 is 30.4 Å². The lowest BCUT2D eigenvalue weighted by Gasteiger charge is -2.29. The van der Waals surface area contributed by atoms with Gasteiger partial charge in [0.15, 0.2) is 0 Å². The molecule has 0 unspecified atom stereocenters. The number of alkyl halides is 2. The summed E-state index contributed by atoms with van der Waals surface area (Å²) in [6, 6.07) is 7.50. The van der Waals surface area contributed by atoms with Crippen LogP contribution in [0.25, 0.3) is 10.9 Å². The van der Waals surface area contributed by atoms with E-state index in [1.165, 1.54) is 12.1 Å². The zero-order valence-electron chi connectivity index (χ0n) is 20.3. The number of nitrogens with two attached hydrogens (primary N) is 1. The van der Waals surface area contributed by atoms with E-state index in [1.54, 1.807) is 25.1 Å². The largest absolute Gasteiger partial charge is 0.490 e. The molecule has 2 aromatic carbocycles. The van der Waals surface area contributed by atoms with E-state index in [4.69, 9.17) is 31.5 Å².